The topological polar surface area (TPSA) is 121 Å². The predicted octanol–water partition coefficient (Wildman–Crippen LogP) is 2.63. The maximum atomic E-state index is 10.8. The van der Waals surface area contributed by atoms with Gasteiger partial charge in [-0.3, -0.25) is 10.1 Å². The van der Waals surface area contributed by atoms with Gasteiger partial charge in [0.2, 0.25) is 17.7 Å². The number of nitro benzene ring substituents is 1. The van der Waals surface area contributed by atoms with E-state index in [2.05, 4.69) is 20.4 Å². The van der Waals surface area contributed by atoms with Gasteiger partial charge in [-0.1, -0.05) is 17.8 Å². The largest absolute Gasteiger partial charge is 0.425 e. The highest BCUT2D eigenvalue weighted by atomic mass is 32.2. The lowest BCUT2D eigenvalue weighted by Gasteiger charge is -1.95. The molecule has 22 heavy (non-hydrogen) atoms. The molecule has 0 bridgehead atoms. The second kappa shape index (κ2) is 5.93. The third kappa shape index (κ3) is 3.11. The van der Waals surface area contributed by atoms with Crippen molar-refractivity contribution in [2.24, 2.45) is 0 Å². The van der Waals surface area contributed by atoms with Gasteiger partial charge in [0.05, 0.1) is 10.7 Å². The van der Waals surface area contributed by atoms with Crippen LogP contribution in [0.5, 0.6) is 0 Å². The van der Waals surface area contributed by atoms with Gasteiger partial charge in [-0.05, 0) is 6.07 Å². The molecule has 10 heteroatoms. The molecule has 0 radical (unpaired) electrons. The molecule has 3 rings (SSSR count). The summed E-state index contributed by atoms with van der Waals surface area (Å²) in [6, 6.07) is 6.00. The summed E-state index contributed by atoms with van der Waals surface area (Å²) >= 11 is 1.24. The van der Waals surface area contributed by atoms with Crippen LogP contribution in [0.15, 0.2) is 38.3 Å². The van der Waals surface area contributed by atoms with E-state index in [0.717, 1.165) is 0 Å². The third-order valence-electron chi connectivity index (χ3n) is 2.60. The van der Waals surface area contributed by atoms with Crippen LogP contribution in [0.1, 0.15) is 11.8 Å². The molecule has 0 atom stereocenters. The minimum absolute atomic E-state index is 0.0359. The summed E-state index contributed by atoms with van der Waals surface area (Å²) < 4.78 is 10.7. The minimum Gasteiger partial charge on any atom is -0.425 e. The monoisotopic (exact) mass is 319 g/mol. The van der Waals surface area contributed by atoms with E-state index in [1.807, 2.05) is 0 Å². The second-order valence-corrected chi connectivity index (χ2v) is 5.11. The molecule has 0 fully saturated rings. The number of aromatic nitrogens is 4. The van der Waals surface area contributed by atoms with E-state index in [-0.39, 0.29) is 11.6 Å². The molecule has 0 aliphatic carbocycles. The fourth-order valence-corrected chi connectivity index (χ4v) is 2.26. The standard InChI is InChI=1S/C12H9N5O4S/c1-7-13-14-10(20-7)6-22-12-16-15-11(21-12)8-3-2-4-9(5-8)17(18)19/h2-5H,6H2,1H3. The fraction of sp³-hybridized carbons (Fsp3) is 0.167. The molecular formula is C12H9N5O4S. The van der Waals surface area contributed by atoms with Crippen LogP contribution in [-0.4, -0.2) is 25.3 Å². The van der Waals surface area contributed by atoms with Gasteiger partial charge in [-0.25, -0.2) is 0 Å². The van der Waals surface area contributed by atoms with E-state index in [0.29, 0.717) is 28.3 Å². The van der Waals surface area contributed by atoms with Crippen LogP contribution in [0.4, 0.5) is 5.69 Å². The molecule has 0 saturated carbocycles. The van der Waals surface area contributed by atoms with E-state index < -0.39 is 4.92 Å². The summed E-state index contributed by atoms with van der Waals surface area (Å²) in [6.45, 7) is 1.70. The number of thioether (sulfide) groups is 1. The number of nitrogens with zero attached hydrogens (tertiary/aromatic N) is 5. The van der Waals surface area contributed by atoms with E-state index >= 15 is 0 Å². The van der Waals surface area contributed by atoms with Crippen molar-refractivity contribution in [3.05, 3.63) is 46.2 Å². The molecule has 0 aliphatic rings. The van der Waals surface area contributed by atoms with Gasteiger partial charge in [0.15, 0.2) is 0 Å². The second-order valence-electron chi connectivity index (χ2n) is 4.18. The molecule has 0 amide bonds. The summed E-state index contributed by atoms with van der Waals surface area (Å²) in [6.07, 6.45) is 0. The Balaban J connectivity index is 1.73. The van der Waals surface area contributed by atoms with Crippen molar-refractivity contribution in [3.63, 3.8) is 0 Å². The number of aryl methyl sites for hydroxylation is 1. The summed E-state index contributed by atoms with van der Waals surface area (Å²) in [5, 5.41) is 26.4. The Labute approximate surface area is 127 Å². The van der Waals surface area contributed by atoms with Gasteiger partial charge in [0.1, 0.15) is 0 Å². The van der Waals surface area contributed by atoms with Crippen molar-refractivity contribution < 1.29 is 13.8 Å². The zero-order valence-electron chi connectivity index (χ0n) is 11.3. The molecule has 2 aromatic heterocycles. The van der Waals surface area contributed by atoms with Crippen LogP contribution in [0.25, 0.3) is 11.5 Å². The molecule has 112 valence electrons. The van der Waals surface area contributed by atoms with Crippen molar-refractivity contribution in [1.29, 1.82) is 0 Å². The first-order valence-electron chi connectivity index (χ1n) is 6.12. The Bertz CT molecular complexity index is 815. The van der Waals surface area contributed by atoms with Gasteiger partial charge >= 0.3 is 0 Å². The maximum Gasteiger partial charge on any atom is 0.277 e. The summed E-state index contributed by atoms with van der Waals surface area (Å²) in [7, 11) is 0. The van der Waals surface area contributed by atoms with Crippen molar-refractivity contribution in [2.75, 3.05) is 0 Å². The normalized spacial score (nSPS) is 10.8. The Morgan fingerprint density at radius 2 is 2.09 bits per heavy atom. The van der Waals surface area contributed by atoms with Gasteiger partial charge < -0.3 is 8.83 Å². The Hall–Kier alpha value is -2.75. The quantitative estimate of drug-likeness (QED) is 0.396. The molecular weight excluding hydrogens is 310 g/mol. The van der Waals surface area contributed by atoms with E-state index in [1.165, 1.54) is 23.9 Å². The van der Waals surface area contributed by atoms with Crippen LogP contribution < -0.4 is 0 Å². The smallest absolute Gasteiger partial charge is 0.277 e. The Morgan fingerprint density at radius 3 is 2.82 bits per heavy atom. The van der Waals surface area contributed by atoms with Gasteiger partial charge in [0, 0.05) is 24.6 Å². The van der Waals surface area contributed by atoms with Crippen LogP contribution in [0.2, 0.25) is 0 Å². The molecule has 0 spiro atoms. The summed E-state index contributed by atoms with van der Waals surface area (Å²) in [5.74, 6) is 1.56. The highest BCUT2D eigenvalue weighted by molar-refractivity contribution is 7.98. The molecule has 9 nitrogen and oxygen atoms in total. The van der Waals surface area contributed by atoms with Crippen molar-refractivity contribution >= 4 is 17.4 Å². The van der Waals surface area contributed by atoms with Crippen molar-refractivity contribution in [3.8, 4) is 11.5 Å². The predicted molar refractivity (Wildman–Crippen MR) is 75.0 cm³/mol. The number of rotatable bonds is 5. The summed E-state index contributed by atoms with van der Waals surface area (Å²) in [4.78, 5) is 10.3. The van der Waals surface area contributed by atoms with Crippen molar-refractivity contribution in [1.82, 2.24) is 20.4 Å². The fourth-order valence-electron chi connectivity index (χ4n) is 1.66. The molecule has 0 unspecified atom stereocenters. The first-order chi connectivity index (χ1) is 10.6. The first-order valence-corrected chi connectivity index (χ1v) is 7.10. The number of benzene rings is 1. The minimum atomic E-state index is -0.479. The molecule has 0 saturated heterocycles. The lowest BCUT2D eigenvalue weighted by molar-refractivity contribution is -0.384. The van der Waals surface area contributed by atoms with E-state index in [9.17, 15) is 10.1 Å². The zero-order valence-corrected chi connectivity index (χ0v) is 12.1. The molecule has 1 aromatic carbocycles. The average molecular weight is 319 g/mol. The lowest BCUT2D eigenvalue weighted by Crippen LogP contribution is -1.88. The average Bonchev–Trinajstić information content (AvgIpc) is 3.14. The SMILES string of the molecule is Cc1nnc(CSc2nnc(-c3cccc([N+](=O)[O-])c3)o2)o1. The highest BCUT2D eigenvalue weighted by Gasteiger charge is 2.14. The summed E-state index contributed by atoms with van der Waals surface area (Å²) in [5.41, 5.74) is 0.452. The highest BCUT2D eigenvalue weighted by Crippen LogP contribution is 2.27. The van der Waals surface area contributed by atoms with Crippen LogP contribution in [0.3, 0.4) is 0 Å². The first kappa shape index (κ1) is 14.2. The Kier molecular flexibility index (Phi) is 3.83. The Morgan fingerprint density at radius 1 is 1.23 bits per heavy atom. The number of hydrogen-bond acceptors (Lipinski definition) is 9. The molecule has 0 N–H and O–H groups in total. The van der Waals surface area contributed by atoms with Gasteiger partial charge in [0.25, 0.3) is 10.9 Å². The van der Waals surface area contributed by atoms with Crippen LogP contribution >= 0.6 is 11.8 Å². The number of nitro groups is 1. The van der Waals surface area contributed by atoms with E-state index in [1.54, 1.807) is 19.1 Å². The van der Waals surface area contributed by atoms with E-state index in [4.69, 9.17) is 8.83 Å². The van der Waals surface area contributed by atoms with Gasteiger partial charge in [-0.15, -0.1) is 20.4 Å². The van der Waals surface area contributed by atoms with Gasteiger partial charge in [-0.2, -0.15) is 0 Å². The number of hydrogen-bond donors (Lipinski definition) is 0. The van der Waals surface area contributed by atoms with Crippen LogP contribution in [0, 0.1) is 17.0 Å². The third-order valence-corrected chi connectivity index (χ3v) is 3.40. The molecule has 0 aliphatic heterocycles. The van der Waals surface area contributed by atoms with Crippen molar-refractivity contribution in [2.45, 2.75) is 17.9 Å². The maximum absolute atomic E-state index is 10.8. The lowest BCUT2D eigenvalue weighted by atomic mass is 10.2. The number of non-ortho nitro benzene ring substituents is 1. The van der Waals surface area contributed by atoms with Crippen LogP contribution in [-0.2, 0) is 5.75 Å². The zero-order chi connectivity index (χ0) is 15.5. The molecule has 3 aromatic rings. The molecule has 2 heterocycles.